The zero-order valence-corrected chi connectivity index (χ0v) is 14.4. The average Bonchev–Trinajstić information content (AvgIpc) is 3.24. The fraction of sp³-hybridized carbons (Fsp3) is 0.158. The number of allylic oxidation sites excluding steroid dienone is 1. The number of ketones is 1. The van der Waals surface area contributed by atoms with Crippen LogP contribution in [0.2, 0.25) is 0 Å². The topological polar surface area (TPSA) is 44.1 Å². The quantitative estimate of drug-likeness (QED) is 0.500. The monoisotopic (exact) mass is 338 g/mol. The molecule has 24 heavy (non-hydrogen) atoms. The fourth-order valence-corrected chi connectivity index (χ4v) is 3.20. The fourth-order valence-electron chi connectivity index (χ4n) is 2.42. The van der Waals surface area contributed by atoms with Crippen LogP contribution < -0.4 is 4.74 Å². The SMILES string of the molecule is COc1ccc(C=CC(=O)c2ccc(C)s2)cc1Cn1cccn1. The van der Waals surface area contributed by atoms with Crippen LogP contribution in [-0.4, -0.2) is 22.7 Å². The highest BCUT2D eigenvalue weighted by Crippen LogP contribution is 2.22. The summed E-state index contributed by atoms with van der Waals surface area (Å²) in [6.07, 6.45) is 7.11. The lowest BCUT2D eigenvalue weighted by Gasteiger charge is -2.09. The van der Waals surface area contributed by atoms with Crippen molar-refractivity contribution in [1.82, 2.24) is 9.78 Å². The zero-order valence-electron chi connectivity index (χ0n) is 13.6. The van der Waals surface area contributed by atoms with Gasteiger partial charge in [-0.3, -0.25) is 9.48 Å². The molecule has 0 fully saturated rings. The third kappa shape index (κ3) is 3.81. The van der Waals surface area contributed by atoms with Gasteiger partial charge in [-0.15, -0.1) is 11.3 Å². The normalized spacial score (nSPS) is 11.1. The Morgan fingerprint density at radius 1 is 1.33 bits per heavy atom. The number of carbonyl (C=O) groups is 1. The third-order valence-corrected chi connectivity index (χ3v) is 4.62. The van der Waals surface area contributed by atoms with E-state index in [-0.39, 0.29) is 5.78 Å². The van der Waals surface area contributed by atoms with E-state index >= 15 is 0 Å². The molecule has 0 amide bonds. The lowest BCUT2D eigenvalue weighted by Crippen LogP contribution is -2.02. The summed E-state index contributed by atoms with van der Waals surface area (Å²) in [5.74, 6) is 0.834. The van der Waals surface area contributed by atoms with Crippen LogP contribution in [0.5, 0.6) is 5.75 Å². The molecule has 2 heterocycles. The summed E-state index contributed by atoms with van der Waals surface area (Å²) >= 11 is 1.51. The molecule has 2 aromatic heterocycles. The van der Waals surface area contributed by atoms with Crippen LogP contribution in [0.25, 0.3) is 6.08 Å². The first kappa shape index (κ1) is 16.2. The van der Waals surface area contributed by atoms with E-state index in [1.54, 1.807) is 19.4 Å². The molecule has 5 heteroatoms. The van der Waals surface area contributed by atoms with Crippen LogP contribution in [0.4, 0.5) is 0 Å². The Bertz CT molecular complexity index is 863. The standard InChI is InChI=1S/C19H18N2O2S/c1-14-4-9-19(24-14)17(22)7-5-15-6-8-18(23-2)16(12-15)13-21-11-3-10-20-21/h3-12H,13H2,1-2H3. The van der Waals surface area contributed by atoms with Crippen molar-refractivity contribution in [1.29, 1.82) is 0 Å². The highest BCUT2D eigenvalue weighted by atomic mass is 32.1. The first-order valence-corrected chi connectivity index (χ1v) is 8.40. The minimum Gasteiger partial charge on any atom is -0.496 e. The second-order valence-electron chi connectivity index (χ2n) is 5.38. The van der Waals surface area contributed by atoms with Crippen LogP contribution in [0.3, 0.4) is 0 Å². The van der Waals surface area contributed by atoms with Crippen molar-refractivity contribution in [2.24, 2.45) is 0 Å². The van der Waals surface area contributed by atoms with E-state index in [4.69, 9.17) is 4.74 Å². The van der Waals surface area contributed by atoms with Gasteiger partial charge in [0.1, 0.15) is 5.75 Å². The second-order valence-corrected chi connectivity index (χ2v) is 6.67. The summed E-state index contributed by atoms with van der Waals surface area (Å²) in [5.41, 5.74) is 1.97. The number of benzene rings is 1. The van der Waals surface area contributed by atoms with Gasteiger partial charge in [-0.25, -0.2) is 0 Å². The van der Waals surface area contributed by atoms with Crippen LogP contribution in [-0.2, 0) is 6.54 Å². The minimum absolute atomic E-state index is 0.0255. The Morgan fingerprint density at radius 3 is 2.88 bits per heavy atom. The number of hydrogen-bond acceptors (Lipinski definition) is 4. The van der Waals surface area contributed by atoms with E-state index in [2.05, 4.69) is 5.10 Å². The smallest absolute Gasteiger partial charge is 0.195 e. The van der Waals surface area contributed by atoms with Crippen molar-refractivity contribution in [3.8, 4) is 5.75 Å². The highest BCUT2D eigenvalue weighted by molar-refractivity contribution is 7.14. The van der Waals surface area contributed by atoms with Gasteiger partial charge in [0.15, 0.2) is 5.78 Å². The number of rotatable bonds is 6. The number of aromatic nitrogens is 2. The van der Waals surface area contributed by atoms with Gasteiger partial charge in [0, 0.05) is 22.8 Å². The van der Waals surface area contributed by atoms with Crippen molar-refractivity contribution in [3.63, 3.8) is 0 Å². The Hall–Kier alpha value is -2.66. The van der Waals surface area contributed by atoms with Crippen LogP contribution in [0.15, 0.2) is 54.9 Å². The predicted octanol–water partition coefficient (Wildman–Crippen LogP) is 4.21. The first-order valence-electron chi connectivity index (χ1n) is 7.59. The third-order valence-electron chi connectivity index (χ3n) is 3.61. The molecule has 1 aromatic carbocycles. The lowest BCUT2D eigenvalue weighted by atomic mass is 10.1. The van der Waals surface area contributed by atoms with Crippen LogP contribution in [0.1, 0.15) is 25.7 Å². The summed E-state index contributed by atoms with van der Waals surface area (Å²) in [6, 6.07) is 11.6. The highest BCUT2D eigenvalue weighted by Gasteiger charge is 2.07. The van der Waals surface area contributed by atoms with Crippen LogP contribution >= 0.6 is 11.3 Å². The molecule has 3 aromatic rings. The summed E-state index contributed by atoms with van der Waals surface area (Å²) in [6.45, 7) is 2.62. The number of hydrogen-bond donors (Lipinski definition) is 0. The number of aryl methyl sites for hydroxylation is 1. The number of thiophene rings is 1. The summed E-state index contributed by atoms with van der Waals surface area (Å²) in [5, 5.41) is 4.22. The largest absolute Gasteiger partial charge is 0.496 e. The van der Waals surface area contributed by atoms with E-state index in [0.29, 0.717) is 6.54 Å². The van der Waals surface area contributed by atoms with Crippen molar-refractivity contribution in [3.05, 3.63) is 75.7 Å². The Labute approximate surface area is 145 Å². The van der Waals surface area contributed by atoms with Crippen molar-refractivity contribution < 1.29 is 9.53 Å². The molecule has 0 aliphatic rings. The summed E-state index contributed by atoms with van der Waals surface area (Å²) in [7, 11) is 1.65. The van der Waals surface area contributed by atoms with Gasteiger partial charge in [-0.2, -0.15) is 5.10 Å². The molecule has 0 radical (unpaired) electrons. The van der Waals surface area contributed by atoms with Gasteiger partial charge in [-0.1, -0.05) is 12.1 Å². The van der Waals surface area contributed by atoms with E-state index < -0.39 is 0 Å². The maximum atomic E-state index is 12.2. The number of ether oxygens (including phenoxy) is 1. The van der Waals surface area contributed by atoms with Gasteiger partial charge in [-0.05, 0) is 48.9 Å². The molecule has 0 bridgehead atoms. The molecule has 0 spiro atoms. The number of nitrogens with zero attached hydrogens (tertiary/aromatic N) is 2. The molecule has 0 saturated heterocycles. The molecule has 0 atom stereocenters. The molecule has 3 rings (SSSR count). The Balaban J connectivity index is 1.80. The Kier molecular flexibility index (Phi) is 4.91. The van der Waals surface area contributed by atoms with Crippen LogP contribution in [0, 0.1) is 6.92 Å². The van der Waals surface area contributed by atoms with Gasteiger partial charge >= 0.3 is 0 Å². The number of carbonyl (C=O) groups excluding carboxylic acids is 1. The van der Waals surface area contributed by atoms with E-state index in [0.717, 1.165) is 26.6 Å². The molecule has 4 nitrogen and oxygen atoms in total. The Morgan fingerprint density at radius 2 is 2.21 bits per heavy atom. The summed E-state index contributed by atoms with van der Waals surface area (Å²) < 4.78 is 7.25. The van der Waals surface area contributed by atoms with E-state index in [9.17, 15) is 4.79 Å². The molecule has 0 aliphatic carbocycles. The van der Waals surface area contributed by atoms with Gasteiger partial charge in [0.05, 0.1) is 18.5 Å². The molecule has 0 aliphatic heterocycles. The van der Waals surface area contributed by atoms with Gasteiger partial charge in [0.25, 0.3) is 0 Å². The summed E-state index contributed by atoms with van der Waals surface area (Å²) in [4.78, 5) is 14.1. The minimum atomic E-state index is 0.0255. The molecular formula is C19H18N2O2S. The van der Waals surface area contributed by atoms with E-state index in [1.165, 1.54) is 11.3 Å². The maximum Gasteiger partial charge on any atom is 0.195 e. The lowest BCUT2D eigenvalue weighted by molar-refractivity contribution is 0.105. The zero-order chi connectivity index (χ0) is 16.9. The molecule has 0 unspecified atom stereocenters. The number of methoxy groups -OCH3 is 1. The van der Waals surface area contributed by atoms with Gasteiger partial charge in [0.2, 0.25) is 0 Å². The molecule has 0 N–H and O–H groups in total. The molecule has 122 valence electrons. The van der Waals surface area contributed by atoms with Crippen molar-refractivity contribution in [2.75, 3.05) is 7.11 Å². The van der Waals surface area contributed by atoms with Crippen molar-refractivity contribution in [2.45, 2.75) is 13.5 Å². The first-order chi connectivity index (χ1) is 11.7. The molecular weight excluding hydrogens is 320 g/mol. The van der Waals surface area contributed by atoms with E-state index in [1.807, 2.05) is 60.3 Å². The second kappa shape index (κ2) is 7.27. The molecule has 0 saturated carbocycles. The average molecular weight is 338 g/mol. The van der Waals surface area contributed by atoms with Crippen molar-refractivity contribution >= 4 is 23.2 Å². The maximum absolute atomic E-state index is 12.2. The van der Waals surface area contributed by atoms with Gasteiger partial charge < -0.3 is 4.74 Å². The predicted molar refractivity (Wildman–Crippen MR) is 96.7 cm³/mol.